The molecule has 0 saturated carbocycles. The maximum absolute atomic E-state index is 9.48. The van der Waals surface area contributed by atoms with Crippen LogP contribution in [0.15, 0.2) is 36.5 Å². The zero-order valence-corrected chi connectivity index (χ0v) is 14.7. The van der Waals surface area contributed by atoms with Crippen molar-refractivity contribution in [3.05, 3.63) is 48.0 Å². The van der Waals surface area contributed by atoms with Crippen LogP contribution in [-0.4, -0.2) is 63.3 Å². The zero-order valence-electron chi connectivity index (χ0n) is 14.7. The van der Waals surface area contributed by atoms with E-state index in [9.17, 15) is 5.11 Å². The molecule has 0 bridgehead atoms. The number of aliphatic hydroxyl groups excluding tert-OH is 1. The van der Waals surface area contributed by atoms with Crippen LogP contribution in [0.1, 0.15) is 24.9 Å². The third-order valence-corrected chi connectivity index (χ3v) is 5.02. The third-order valence-electron chi connectivity index (χ3n) is 5.02. The lowest BCUT2D eigenvalue weighted by Crippen LogP contribution is -2.50. The molecule has 2 aromatic rings. The molecule has 130 valence electrons. The van der Waals surface area contributed by atoms with Gasteiger partial charge in [-0.3, -0.25) is 14.4 Å². The molecule has 1 N–H and O–H groups in total. The number of aromatic nitrogens is 2. The van der Waals surface area contributed by atoms with Gasteiger partial charge in [-0.15, -0.1) is 0 Å². The maximum atomic E-state index is 9.48. The Morgan fingerprint density at radius 1 is 1.12 bits per heavy atom. The van der Waals surface area contributed by atoms with E-state index in [1.165, 1.54) is 11.4 Å². The molecule has 5 nitrogen and oxygen atoms in total. The molecular weight excluding hydrogens is 300 g/mol. The van der Waals surface area contributed by atoms with Crippen LogP contribution in [0.25, 0.3) is 5.69 Å². The van der Waals surface area contributed by atoms with Crippen LogP contribution in [0.5, 0.6) is 0 Å². The summed E-state index contributed by atoms with van der Waals surface area (Å²) in [6, 6.07) is 10.7. The molecule has 1 aromatic heterocycles. The molecule has 0 aliphatic carbocycles. The summed E-state index contributed by atoms with van der Waals surface area (Å²) >= 11 is 0. The highest BCUT2D eigenvalue weighted by Gasteiger charge is 2.23. The molecule has 1 saturated heterocycles. The Hall–Kier alpha value is -1.69. The molecule has 5 heteroatoms. The van der Waals surface area contributed by atoms with E-state index in [2.05, 4.69) is 57.5 Å². The second-order valence-electron chi connectivity index (χ2n) is 6.52. The molecular formula is C19H28N4O. The topological polar surface area (TPSA) is 44.5 Å². The molecule has 0 amide bonds. The lowest BCUT2D eigenvalue weighted by molar-refractivity contribution is 0.0602. The fourth-order valence-corrected chi connectivity index (χ4v) is 3.55. The summed E-state index contributed by atoms with van der Waals surface area (Å²) in [5.41, 5.74) is 2.41. The summed E-state index contributed by atoms with van der Waals surface area (Å²) in [6.07, 6.45) is 3.01. The van der Waals surface area contributed by atoms with Gasteiger partial charge in [-0.25, -0.2) is 4.98 Å². The maximum Gasteiger partial charge on any atom is 0.110 e. The monoisotopic (exact) mass is 328 g/mol. The SMILES string of the molecule is CCC(CO)N1CCN(Cc2cnc(C)n2-c2ccccc2)CC1. The number of aryl methyl sites for hydroxylation is 1. The van der Waals surface area contributed by atoms with E-state index < -0.39 is 0 Å². The molecule has 1 aliphatic heterocycles. The zero-order chi connectivity index (χ0) is 16.9. The van der Waals surface area contributed by atoms with Gasteiger partial charge in [-0.2, -0.15) is 0 Å². The second kappa shape index (κ2) is 7.92. The van der Waals surface area contributed by atoms with Gasteiger partial charge < -0.3 is 5.11 Å². The highest BCUT2D eigenvalue weighted by atomic mass is 16.3. The smallest absolute Gasteiger partial charge is 0.110 e. The minimum atomic E-state index is 0.260. The van der Waals surface area contributed by atoms with Crippen LogP contribution in [0.4, 0.5) is 0 Å². The predicted molar refractivity (Wildman–Crippen MR) is 96.3 cm³/mol. The van der Waals surface area contributed by atoms with Gasteiger partial charge in [-0.1, -0.05) is 25.1 Å². The van der Waals surface area contributed by atoms with E-state index >= 15 is 0 Å². The Balaban J connectivity index is 1.66. The Bertz CT molecular complexity index is 628. The highest BCUT2D eigenvalue weighted by molar-refractivity contribution is 5.35. The quantitative estimate of drug-likeness (QED) is 0.882. The van der Waals surface area contributed by atoms with Crippen molar-refractivity contribution in [2.45, 2.75) is 32.9 Å². The van der Waals surface area contributed by atoms with Gasteiger partial charge in [-0.05, 0) is 25.5 Å². The summed E-state index contributed by atoms with van der Waals surface area (Å²) in [5.74, 6) is 1.03. The van der Waals surface area contributed by atoms with Crippen molar-refractivity contribution in [2.75, 3.05) is 32.8 Å². The molecule has 1 aromatic carbocycles. The lowest BCUT2D eigenvalue weighted by Gasteiger charge is -2.38. The van der Waals surface area contributed by atoms with Crippen LogP contribution in [0, 0.1) is 6.92 Å². The largest absolute Gasteiger partial charge is 0.395 e. The predicted octanol–water partition coefficient (Wildman–Crippen LogP) is 2.07. The fourth-order valence-electron chi connectivity index (χ4n) is 3.55. The van der Waals surface area contributed by atoms with Gasteiger partial charge in [0.15, 0.2) is 0 Å². The Morgan fingerprint density at radius 3 is 2.46 bits per heavy atom. The minimum absolute atomic E-state index is 0.260. The summed E-state index contributed by atoms with van der Waals surface area (Å²) < 4.78 is 2.24. The number of rotatable bonds is 6. The molecule has 1 unspecified atom stereocenters. The van der Waals surface area contributed by atoms with E-state index in [4.69, 9.17) is 0 Å². The first-order valence-corrected chi connectivity index (χ1v) is 8.88. The number of imidazole rings is 1. The van der Waals surface area contributed by atoms with E-state index in [1.807, 2.05) is 12.3 Å². The van der Waals surface area contributed by atoms with Crippen LogP contribution in [0.3, 0.4) is 0 Å². The van der Waals surface area contributed by atoms with E-state index in [0.717, 1.165) is 45.0 Å². The van der Waals surface area contributed by atoms with Gasteiger partial charge in [0.25, 0.3) is 0 Å². The molecule has 2 heterocycles. The average molecular weight is 328 g/mol. The molecule has 1 aliphatic rings. The summed E-state index contributed by atoms with van der Waals surface area (Å²) in [5, 5.41) is 9.48. The van der Waals surface area contributed by atoms with E-state index in [0.29, 0.717) is 6.04 Å². The van der Waals surface area contributed by atoms with Gasteiger partial charge in [0, 0.05) is 44.5 Å². The normalized spacial score (nSPS) is 18.0. The first-order chi connectivity index (χ1) is 11.7. The molecule has 1 atom stereocenters. The van der Waals surface area contributed by atoms with Crippen molar-refractivity contribution >= 4 is 0 Å². The van der Waals surface area contributed by atoms with E-state index in [-0.39, 0.29) is 6.61 Å². The number of hydrogen-bond acceptors (Lipinski definition) is 4. The number of para-hydroxylation sites is 1. The van der Waals surface area contributed by atoms with Crippen molar-refractivity contribution in [3.8, 4) is 5.69 Å². The number of hydrogen-bond donors (Lipinski definition) is 1. The number of aliphatic hydroxyl groups is 1. The average Bonchev–Trinajstić information content (AvgIpc) is 2.98. The van der Waals surface area contributed by atoms with Gasteiger partial charge in [0.05, 0.1) is 18.5 Å². The molecule has 0 spiro atoms. The minimum Gasteiger partial charge on any atom is -0.395 e. The van der Waals surface area contributed by atoms with Crippen molar-refractivity contribution in [1.82, 2.24) is 19.4 Å². The number of nitrogens with zero attached hydrogens (tertiary/aromatic N) is 4. The second-order valence-corrected chi connectivity index (χ2v) is 6.52. The molecule has 3 rings (SSSR count). The summed E-state index contributed by atoms with van der Waals surface area (Å²) in [6.45, 7) is 9.51. The Morgan fingerprint density at radius 2 is 1.83 bits per heavy atom. The fraction of sp³-hybridized carbons (Fsp3) is 0.526. The van der Waals surface area contributed by atoms with Gasteiger partial charge in [0.1, 0.15) is 5.82 Å². The van der Waals surface area contributed by atoms with Crippen LogP contribution in [0.2, 0.25) is 0 Å². The van der Waals surface area contributed by atoms with Crippen molar-refractivity contribution in [3.63, 3.8) is 0 Å². The molecule has 0 radical (unpaired) electrons. The highest BCUT2D eigenvalue weighted by Crippen LogP contribution is 2.17. The number of benzene rings is 1. The summed E-state index contributed by atoms with van der Waals surface area (Å²) in [7, 11) is 0. The third kappa shape index (κ3) is 3.69. The Labute approximate surface area is 144 Å². The van der Waals surface area contributed by atoms with Crippen molar-refractivity contribution in [2.24, 2.45) is 0 Å². The van der Waals surface area contributed by atoms with Crippen LogP contribution in [-0.2, 0) is 6.54 Å². The first-order valence-electron chi connectivity index (χ1n) is 8.88. The van der Waals surface area contributed by atoms with Crippen molar-refractivity contribution < 1.29 is 5.11 Å². The number of piperazine rings is 1. The van der Waals surface area contributed by atoms with Crippen LogP contribution < -0.4 is 0 Å². The van der Waals surface area contributed by atoms with Gasteiger partial charge >= 0.3 is 0 Å². The first kappa shape index (κ1) is 17.1. The van der Waals surface area contributed by atoms with Crippen LogP contribution >= 0.6 is 0 Å². The lowest BCUT2D eigenvalue weighted by atomic mass is 10.1. The van der Waals surface area contributed by atoms with E-state index in [1.54, 1.807) is 0 Å². The Kier molecular flexibility index (Phi) is 5.66. The van der Waals surface area contributed by atoms with Crippen molar-refractivity contribution in [1.29, 1.82) is 0 Å². The molecule has 1 fully saturated rings. The molecule has 24 heavy (non-hydrogen) atoms. The standard InChI is InChI=1S/C19H28N4O/c1-3-17(15-24)22-11-9-21(10-12-22)14-19-13-20-16(2)23(19)18-7-5-4-6-8-18/h4-8,13,17,24H,3,9-12,14-15H2,1-2H3. The van der Waals surface area contributed by atoms with Gasteiger partial charge in [0.2, 0.25) is 0 Å². The summed E-state index contributed by atoms with van der Waals surface area (Å²) in [4.78, 5) is 9.42.